The van der Waals surface area contributed by atoms with Gasteiger partial charge in [0, 0.05) is 62.0 Å². The van der Waals surface area contributed by atoms with E-state index < -0.39 is 0 Å². The van der Waals surface area contributed by atoms with E-state index in [1.54, 1.807) is 24.7 Å². The molecule has 2 aromatic rings. The number of hydrogen-bond donors (Lipinski definition) is 0. The van der Waals surface area contributed by atoms with Crippen molar-refractivity contribution in [2.24, 2.45) is 11.8 Å². The van der Waals surface area contributed by atoms with Gasteiger partial charge >= 0.3 is 0 Å². The summed E-state index contributed by atoms with van der Waals surface area (Å²) in [6.07, 6.45) is 3.30. The molecule has 0 saturated carbocycles. The third kappa shape index (κ3) is 3.72. The maximum atomic E-state index is 12.8. The Balaban J connectivity index is 1.38. The highest BCUT2D eigenvalue weighted by molar-refractivity contribution is 5.94. The van der Waals surface area contributed by atoms with Crippen LogP contribution >= 0.6 is 0 Å². The minimum absolute atomic E-state index is 0.0532. The minimum Gasteiger partial charge on any atom is -0.475 e. The highest BCUT2D eigenvalue weighted by Crippen LogP contribution is 2.34. The van der Waals surface area contributed by atoms with Crippen molar-refractivity contribution in [1.29, 1.82) is 0 Å². The first-order chi connectivity index (χ1) is 13.0. The number of rotatable bonds is 4. The Morgan fingerprint density at radius 2 is 1.85 bits per heavy atom. The van der Waals surface area contributed by atoms with Gasteiger partial charge in [0.2, 0.25) is 5.88 Å². The van der Waals surface area contributed by atoms with Crippen molar-refractivity contribution in [2.75, 3.05) is 31.1 Å². The molecular weight excluding hydrogens is 342 g/mol. The van der Waals surface area contributed by atoms with Crippen LogP contribution in [0.15, 0.2) is 30.7 Å². The number of anilines is 1. The van der Waals surface area contributed by atoms with Crippen LogP contribution in [0.3, 0.4) is 0 Å². The monoisotopic (exact) mass is 367 g/mol. The SMILES string of the molecule is Cc1cc(N2CC3CN(C(=O)c4ccc(OC(C)C)nc4)CC3C2)ncn1. The zero-order valence-corrected chi connectivity index (χ0v) is 16.0. The van der Waals surface area contributed by atoms with Crippen LogP contribution in [0.25, 0.3) is 0 Å². The molecule has 2 saturated heterocycles. The molecule has 2 unspecified atom stereocenters. The standard InChI is InChI=1S/C20H25N5O2/c1-13(2)27-19-5-4-15(7-21-19)20(26)25-10-16-8-24(9-17(16)11-25)18-6-14(3)22-12-23-18/h4-7,12-13,16-17H,8-11H2,1-3H3. The third-order valence-electron chi connectivity index (χ3n) is 5.23. The Kier molecular flexibility index (Phi) is 4.68. The summed E-state index contributed by atoms with van der Waals surface area (Å²) in [5.74, 6) is 2.56. The summed E-state index contributed by atoms with van der Waals surface area (Å²) in [7, 11) is 0. The van der Waals surface area contributed by atoms with Gasteiger partial charge in [-0.2, -0.15) is 0 Å². The largest absolute Gasteiger partial charge is 0.475 e. The number of ether oxygens (including phenoxy) is 1. The Morgan fingerprint density at radius 3 is 2.44 bits per heavy atom. The van der Waals surface area contributed by atoms with Crippen molar-refractivity contribution in [3.05, 3.63) is 42.0 Å². The van der Waals surface area contributed by atoms with Crippen molar-refractivity contribution in [3.8, 4) is 5.88 Å². The minimum atomic E-state index is 0.0532. The molecule has 7 heteroatoms. The number of carbonyl (C=O) groups excluding carboxylic acids is 1. The Hall–Kier alpha value is -2.70. The molecule has 0 spiro atoms. The molecule has 2 atom stereocenters. The second-order valence-electron chi connectivity index (χ2n) is 7.70. The van der Waals surface area contributed by atoms with Gasteiger partial charge in [-0.1, -0.05) is 0 Å². The summed E-state index contributed by atoms with van der Waals surface area (Å²) in [5.41, 5.74) is 1.60. The molecule has 27 heavy (non-hydrogen) atoms. The molecule has 142 valence electrons. The second-order valence-corrected chi connectivity index (χ2v) is 7.70. The molecule has 4 heterocycles. The van der Waals surface area contributed by atoms with Gasteiger partial charge in [-0.05, 0) is 26.8 Å². The predicted octanol–water partition coefficient (Wildman–Crippen LogP) is 2.18. The van der Waals surface area contributed by atoms with Gasteiger partial charge < -0.3 is 14.5 Å². The summed E-state index contributed by atoms with van der Waals surface area (Å²) >= 11 is 0. The van der Waals surface area contributed by atoms with Crippen molar-refractivity contribution in [1.82, 2.24) is 19.9 Å². The van der Waals surface area contributed by atoms with E-state index in [9.17, 15) is 4.79 Å². The predicted molar refractivity (Wildman–Crippen MR) is 102 cm³/mol. The first kappa shape index (κ1) is 17.7. The van der Waals surface area contributed by atoms with E-state index in [2.05, 4.69) is 19.9 Å². The first-order valence-corrected chi connectivity index (χ1v) is 9.45. The fraction of sp³-hybridized carbons (Fsp3) is 0.500. The summed E-state index contributed by atoms with van der Waals surface area (Å²) in [4.78, 5) is 29.9. The van der Waals surface area contributed by atoms with Gasteiger partial charge in [-0.25, -0.2) is 15.0 Å². The maximum Gasteiger partial charge on any atom is 0.255 e. The van der Waals surface area contributed by atoms with Crippen molar-refractivity contribution in [3.63, 3.8) is 0 Å². The van der Waals surface area contributed by atoms with Gasteiger partial charge in [0.25, 0.3) is 5.91 Å². The van der Waals surface area contributed by atoms with Crippen molar-refractivity contribution < 1.29 is 9.53 Å². The van der Waals surface area contributed by atoms with E-state index in [1.807, 2.05) is 31.7 Å². The summed E-state index contributed by atoms with van der Waals surface area (Å²) in [6.45, 7) is 9.33. The van der Waals surface area contributed by atoms with Gasteiger partial charge in [0.15, 0.2) is 0 Å². The Labute approximate surface area is 159 Å². The lowest BCUT2D eigenvalue weighted by Crippen LogP contribution is -2.33. The molecule has 7 nitrogen and oxygen atoms in total. The molecule has 0 bridgehead atoms. The van der Waals surface area contributed by atoms with E-state index in [1.165, 1.54) is 0 Å². The van der Waals surface area contributed by atoms with E-state index in [-0.39, 0.29) is 12.0 Å². The number of aromatic nitrogens is 3. The third-order valence-corrected chi connectivity index (χ3v) is 5.23. The zero-order chi connectivity index (χ0) is 19.0. The first-order valence-electron chi connectivity index (χ1n) is 9.45. The van der Waals surface area contributed by atoms with Crippen LogP contribution in [-0.4, -0.2) is 58.0 Å². The molecule has 2 aliphatic heterocycles. The number of hydrogen-bond acceptors (Lipinski definition) is 6. The van der Waals surface area contributed by atoms with E-state index in [0.717, 1.165) is 37.7 Å². The summed E-state index contributed by atoms with van der Waals surface area (Å²) in [6, 6.07) is 5.59. The van der Waals surface area contributed by atoms with E-state index in [4.69, 9.17) is 4.74 Å². The number of aryl methyl sites for hydroxylation is 1. The molecule has 0 aromatic carbocycles. The van der Waals surface area contributed by atoms with E-state index in [0.29, 0.717) is 23.3 Å². The lowest BCUT2D eigenvalue weighted by atomic mass is 10.0. The zero-order valence-electron chi connectivity index (χ0n) is 16.0. The van der Waals surface area contributed by atoms with Gasteiger partial charge in [-0.15, -0.1) is 0 Å². The number of pyridine rings is 1. The quantitative estimate of drug-likeness (QED) is 0.825. The number of fused-ring (bicyclic) bond motifs is 1. The average molecular weight is 367 g/mol. The normalized spacial score (nSPS) is 21.6. The van der Waals surface area contributed by atoms with Crippen LogP contribution in [-0.2, 0) is 0 Å². The fourth-order valence-corrected chi connectivity index (χ4v) is 3.96. The summed E-state index contributed by atoms with van der Waals surface area (Å²) < 4.78 is 5.55. The summed E-state index contributed by atoms with van der Waals surface area (Å²) in [5, 5.41) is 0. The highest BCUT2D eigenvalue weighted by Gasteiger charge is 2.42. The van der Waals surface area contributed by atoms with Gasteiger partial charge in [-0.3, -0.25) is 4.79 Å². The van der Waals surface area contributed by atoms with Gasteiger partial charge in [0.1, 0.15) is 12.1 Å². The van der Waals surface area contributed by atoms with Gasteiger partial charge in [0.05, 0.1) is 11.7 Å². The smallest absolute Gasteiger partial charge is 0.255 e. The average Bonchev–Trinajstić information content (AvgIpc) is 3.20. The number of amides is 1. The van der Waals surface area contributed by atoms with Crippen LogP contribution < -0.4 is 9.64 Å². The topological polar surface area (TPSA) is 71.5 Å². The number of carbonyl (C=O) groups is 1. The second kappa shape index (κ2) is 7.13. The Morgan fingerprint density at radius 1 is 1.11 bits per heavy atom. The van der Waals surface area contributed by atoms with Crippen molar-refractivity contribution in [2.45, 2.75) is 26.9 Å². The number of likely N-dealkylation sites (tertiary alicyclic amines) is 1. The van der Waals surface area contributed by atoms with E-state index >= 15 is 0 Å². The molecule has 4 rings (SSSR count). The molecule has 2 aromatic heterocycles. The van der Waals surface area contributed by atoms with Crippen LogP contribution in [0.1, 0.15) is 29.9 Å². The van der Waals surface area contributed by atoms with Crippen LogP contribution in [0.5, 0.6) is 5.88 Å². The van der Waals surface area contributed by atoms with Crippen molar-refractivity contribution >= 4 is 11.7 Å². The molecule has 2 aliphatic rings. The Bertz CT molecular complexity index is 809. The molecule has 2 fully saturated rings. The van der Waals surface area contributed by atoms with Crippen LogP contribution in [0.2, 0.25) is 0 Å². The molecular formula is C20H25N5O2. The lowest BCUT2D eigenvalue weighted by Gasteiger charge is -2.22. The van der Waals surface area contributed by atoms with Crippen LogP contribution in [0, 0.1) is 18.8 Å². The fourth-order valence-electron chi connectivity index (χ4n) is 3.96. The molecule has 0 radical (unpaired) electrons. The maximum absolute atomic E-state index is 12.8. The molecule has 1 amide bonds. The molecule has 0 aliphatic carbocycles. The highest BCUT2D eigenvalue weighted by atomic mass is 16.5. The number of nitrogens with zero attached hydrogens (tertiary/aromatic N) is 5. The lowest BCUT2D eigenvalue weighted by molar-refractivity contribution is 0.0782. The molecule has 0 N–H and O–H groups in total. The van der Waals surface area contributed by atoms with Crippen LogP contribution in [0.4, 0.5) is 5.82 Å².